The number of allylic oxidation sites excluding steroid dienone is 2. The van der Waals surface area contributed by atoms with Crippen LogP contribution in [0.1, 0.15) is 36.5 Å². The molecule has 1 aromatic carbocycles. The predicted octanol–water partition coefficient (Wildman–Crippen LogP) is 3.02. The van der Waals surface area contributed by atoms with Crippen LogP contribution < -0.4 is 5.73 Å². The molecule has 2 N–H and O–H groups in total. The summed E-state index contributed by atoms with van der Waals surface area (Å²) in [4.78, 5) is 11.8. The largest absolute Gasteiger partial charge is 0.398 e. The Morgan fingerprint density at radius 2 is 1.81 bits per heavy atom. The zero-order valence-corrected chi connectivity index (χ0v) is 10.1. The number of benzene rings is 1. The second-order valence-corrected chi connectivity index (χ2v) is 4.62. The van der Waals surface area contributed by atoms with E-state index in [4.69, 9.17) is 5.73 Å². The summed E-state index contributed by atoms with van der Waals surface area (Å²) < 4.78 is 0. The molecule has 0 aliphatic heterocycles. The van der Waals surface area contributed by atoms with E-state index in [0.29, 0.717) is 6.42 Å². The first-order valence-electron chi connectivity index (χ1n) is 5.60. The van der Waals surface area contributed by atoms with Crippen LogP contribution in [0, 0.1) is 13.8 Å². The Balaban J connectivity index is 2.65. The molecule has 1 aliphatic rings. The van der Waals surface area contributed by atoms with E-state index in [0.717, 1.165) is 34.4 Å². The van der Waals surface area contributed by atoms with Gasteiger partial charge in [-0.25, -0.2) is 0 Å². The monoisotopic (exact) mass is 215 g/mol. The minimum atomic E-state index is 0.231. The first-order chi connectivity index (χ1) is 7.50. The molecule has 0 bridgehead atoms. The summed E-state index contributed by atoms with van der Waals surface area (Å²) in [6.45, 7) is 6.05. The summed E-state index contributed by atoms with van der Waals surface area (Å²) in [5.74, 6) is 0.231. The number of carbonyl (C=O) groups is 1. The first kappa shape index (κ1) is 10.9. The van der Waals surface area contributed by atoms with Crippen molar-refractivity contribution in [3.63, 3.8) is 0 Å². The Labute approximate surface area is 96.2 Å². The molecule has 0 unspecified atom stereocenters. The normalized spacial score (nSPS) is 16.1. The highest BCUT2D eigenvalue weighted by molar-refractivity contribution is 6.25. The van der Waals surface area contributed by atoms with E-state index in [1.165, 1.54) is 5.57 Å². The van der Waals surface area contributed by atoms with Crippen LogP contribution in [-0.2, 0) is 4.79 Å². The van der Waals surface area contributed by atoms with E-state index < -0.39 is 0 Å². The fraction of sp³-hybridized carbons (Fsp3) is 0.357. The summed E-state index contributed by atoms with van der Waals surface area (Å²) in [5, 5.41) is 0. The quantitative estimate of drug-likeness (QED) is 0.732. The lowest BCUT2D eigenvalue weighted by Gasteiger charge is -2.11. The van der Waals surface area contributed by atoms with Gasteiger partial charge in [-0.15, -0.1) is 0 Å². The van der Waals surface area contributed by atoms with Gasteiger partial charge in [0, 0.05) is 23.2 Å². The van der Waals surface area contributed by atoms with Crippen molar-refractivity contribution in [1.82, 2.24) is 0 Å². The van der Waals surface area contributed by atoms with Crippen LogP contribution in [0.3, 0.4) is 0 Å². The van der Waals surface area contributed by atoms with Crippen LogP contribution in [0.2, 0.25) is 0 Å². The summed E-state index contributed by atoms with van der Waals surface area (Å²) in [5.41, 5.74) is 12.0. The van der Waals surface area contributed by atoms with Gasteiger partial charge in [0.05, 0.1) is 0 Å². The molecule has 1 aliphatic carbocycles. The number of Topliss-reactive ketones (excluding diaryl/α,β-unsaturated/α-hetero) is 1. The summed E-state index contributed by atoms with van der Waals surface area (Å²) in [7, 11) is 0. The van der Waals surface area contributed by atoms with Crippen molar-refractivity contribution >= 4 is 17.0 Å². The fourth-order valence-corrected chi connectivity index (χ4v) is 2.35. The van der Waals surface area contributed by atoms with E-state index in [1.807, 2.05) is 32.9 Å². The van der Waals surface area contributed by atoms with Gasteiger partial charge in [0.15, 0.2) is 5.78 Å². The average molecular weight is 215 g/mol. The van der Waals surface area contributed by atoms with Crippen molar-refractivity contribution in [2.24, 2.45) is 0 Å². The Hall–Kier alpha value is -1.57. The van der Waals surface area contributed by atoms with Crippen LogP contribution in [0.25, 0.3) is 5.57 Å². The van der Waals surface area contributed by atoms with Crippen LogP contribution in [0.5, 0.6) is 0 Å². The second-order valence-electron chi connectivity index (χ2n) is 4.62. The fourth-order valence-electron chi connectivity index (χ4n) is 2.35. The molecule has 2 heteroatoms. The molecule has 0 spiro atoms. The summed E-state index contributed by atoms with van der Waals surface area (Å²) in [6, 6.07) is 4.07. The maximum absolute atomic E-state index is 11.8. The molecule has 2 rings (SSSR count). The lowest BCUT2D eigenvalue weighted by Crippen LogP contribution is -2.02. The third-order valence-corrected chi connectivity index (χ3v) is 3.23. The van der Waals surface area contributed by atoms with Crippen LogP contribution in [0.4, 0.5) is 5.69 Å². The van der Waals surface area contributed by atoms with E-state index in [9.17, 15) is 4.79 Å². The van der Waals surface area contributed by atoms with Crippen LogP contribution in [0.15, 0.2) is 17.7 Å². The molecular formula is C14H17NO. The number of aryl methyl sites for hydroxylation is 2. The third-order valence-electron chi connectivity index (χ3n) is 3.23. The Morgan fingerprint density at radius 1 is 1.12 bits per heavy atom. The zero-order chi connectivity index (χ0) is 11.9. The van der Waals surface area contributed by atoms with Gasteiger partial charge in [-0.2, -0.15) is 0 Å². The predicted molar refractivity (Wildman–Crippen MR) is 67.2 cm³/mol. The van der Waals surface area contributed by atoms with Gasteiger partial charge < -0.3 is 5.73 Å². The van der Waals surface area contributed by atoms with Crippen molar-refractivity contribution in [3.8, 4) is 0 Å². The number of hydrogen-bond donors (Lipinski definition) is 1. The van der Waals surface area contributed by atoms with Crippen molar-refractivity contribution in [2.45, 2.75) is 33.6 Å². The van der Waals surface area contributed by atoms with E-state index in [-0.39, 0.29) is 5.78 Å². The lowest BCUT2D eigenvalue weighted by atomic mass is 9.95. The number of ketones is 1. The average Bonchev–Trinajstić information content (AvgIpc) is 2.53. The van der Waals surface area contributed by atoms with E-state index in [1.54, 1.807) is 0 Å². The van der Waals surface area contributed by atoms with Crippen molar-refractivity contribution in [3.05, 3.63) is 34.4 Å². The van der Waals surface area contributed by atoms with Crippen molar-refractivity contribution in [1.29, 1.82) is 0 Å². The summed E-state index contributed by atoms with van der Waals surface area (Å²) >= 11 is 0. The molecule has 0 aromatic heterocycles. The van der Waals surface area contributed by atoms with Gasteiger partial charge in [0.25, 0.3) is 0 Å². The molecule has 84 valence electrons. The van der Waals surface area contributed by atoms with Crippen LogP contribution in [-0.4, -0.2) is 5.78 Å². The maximum Gasteiger partial charge on any atom is 0.163 e. The molecule has 0 radical (unpaired) electrons. The highest BCUT2D eigenvalue weighted by Crippen LogP contribution is 2.35. The van der Waals surface area contributed by atoms with Gasteiger partial charge >= 0.3 is 0 Å². The third kappa shape index (κ3) is 1.64. The number of carbonyl (C=O) groups excluding carboxylic acids is 1. The molecule has 16 heavy (non-hydrogen) atoms. The molecule has 0 fully saturated rings. The molecule has 0 amide bonds. The minimum absolute atomic E-state index is 0.231. The number of anilines is 1. The highest BCUT2D eigenvalue weighted by atomic mass is 16.1. The van der Waals surface area contributed by atoms with Gasteiger partial charge in [-0.3, -0.25) is 4.79 Å². The van der Waals surface area contributed by atoms with Crippen LogP contribution >= 0.6 is 0 Å². The number of rotatable bonds is 1. The first-order valence-corrected chi connectivity index (χ1v) is 5.60. The van der Waals surface area contributed by atoms with Gasteiger partial charge in [-0.1, -0.05) is 17.2 Å². The minimum Gasteiger partial charge on any atom is -0.398 e. The standard InChI is InChI=1S/C14H17NO/c1-8-6-10(3)14(15)11(7-8)13-9(2)4-5-12(13)16/h6-7H,4-5,15H2,1-3H3. The topological polar surface area (TPSA) is 43.1 Å². The SMILES string of the molecule is CC1=C(c2cc(C)cc(C)c2N)C(=O)CC1. The molecule has 0 saturated carbocycles. The molecular weight excluding hydrogens is 198 g/mol. The van der Waals surface area contributed by atoms with Gasteiger partial charge in [0.2, 0.25) is 0 Å². The molecule has 0 atom stereocenters. The molecule has 2 nitrogen and oxygen atoms in total. The van der Waals surface area contributed by atoms with E-state index in [2.05, 4.69) is 0 Å². The van der Waals surface area contributed by atoms with Gasteiger partial charge in [0.1, 0.15) is 0 Å². The Morgan fingerprint density at radius 3 is 2.38 bits per heavy atom. The molecule has 1 aromatic rings. The number of nitrogens with two attached hydrogens (primary N) is 1. The van der Waals surface area contributed by atoms with E-state index >= 15 is 0 Å². The summed E-state index contributed by atoms with van der Waals surface area (Å²) in [6.07, 6.45) is 1.51. The second kappa shape index (κ2) is 3.78. The smallest absolute Gasteiger partial charge is 0.163 e. The van der Waals surface area contributed by atoms with Crippen molar-refractivity contribution in [2.75, 3.05) is 5.73 Å². The number of hydrogen-bond acceptors (Lipinski definition) is 2. The maximum atomic E-state index is 11.8. The number of nitrogen functional groups attached to an aromatic ring is 1. The Bertz CT molecular complexity index is 498. The lowest BCUT2D eigenvalue weighted by molar-refractivity contribution is -0.113. The van der Waals surface area contributed by atoms with Gasteiger partial charge in [-0.05, 0) is 38.8 Å². The Kier molecular flexibility index (Phi) is 2.58. The highest BCUT2D eigenvalue weighted by Gasteiger charge is 2.23. The molecule has 0 heterocycles. The zero-order valence-electron chi connectivity index (χ0n) is 10.1. The molecule has 0 saturated heterocycles. The van der Waals surface area contributed by atoms with Crippen molar-refractivity contribution < 1.29 is 4.79 Å².